The lowest BCUT2D eigenvalue weighted by Crippen LogP contribution is -2.24. The smallest absolute Gasteiger partial charge is 0.280 e. The second-order valence-electron chi connectivity index (χ2n) is 4.51. The summed E-state index contributed by atoms with van der Waals surface area (Å²) < 4.78 is 1.38. The lowest BCUT2D eigenvalue weighted by molar-refractivity contribution is -0.383. The number of pyridine rings is 1. The van der Waals surface area contributed by atoms with Crippen molar-refractivity contribution in [3.8, 4) is 0 Å². The Labute approximate surface area is 109 Å². The lowest BCUT2D eigenvalue weighted by atomic mass is 10.1. The van der Waals surface area contributed by atoms with Crippen LogP contribution >= 0.6 is 0 Å². The van der Waals surface area contributed by atoms with Gasteiger partial charge >= 0.3 is 0 Å². The number of aliphatic hydroxyl groups excluding tert-OH is 1. The van der Waals surface area contributed by atoms with Gasteiger partial charge in [0.15, 0.2) is 0 Å². The normalized spacial score (nSPS) is 12.6. The Morgan fingerprint density at radius 1 is 1.37 bits per heavy atom. The summed E-state index contributed by atoms with van der Waals surface area (Å²) in [5.41, 5.74) is 0.144. The minimum Gasteiger partial charge on any atom is -0.394 e. The summed E-state index contributed by atoms with van der Waals surface area (Å²) in [5, 5.41) is 20.8. The fraction of sp³-hybridized carbons (Fsp3) is 0.308. The van der Waals surface area contributed by atoms with Crippen molar-refractivity contribution < 1.29 is 10.0 Å². The summed E-state index contributed by atoms with van der Waals surface area (Å²) in [6, 6.07) is 4.34. The maximum absolute atomic E-state index is 12.2. The summed E-state index contributed by atoms with van der Waals surface area (Å²) in [4.78, 5) is 22.8. The molecule has 1 atom stereocenters. The Morgan fingerprint density at radius 2 is 2.05 bits per heavy atom. The number of nitro groups is 1. The third kappa shape index (κ3) is 2.10. The van der Waals surface area contributed by atoms with Crippen LogP contribution in [0.5, 0.6) is 0 Å². The number of aryl methyl sites for hydroxylation is 1. The van der Waals surface area contributed by atoms with Gasteiger partial charge in [-0.25, -0.2) is 0 Å². The van der Waals surface area contributed by atoms with Gasteiger partial charge in [-0.3, -0.25) is 14.9 Å². The van der Waals surface area contributed by atoms with E-state index in [1.54, 1.807) is 32.0 Å². The van der Waals surface area contributed by atoms with E-state index in [2.05, 4.69) is 0 Å². The van der Waals surface area contributed by atoms with E-state index in [1.807, 2.05) is 0 Å². The predicted molar refractivity (Wildman–Crippen MR) is 71.4 cm³/mol. The molecule has 1 heterocycles. The summed E-state index contributed by atoms with van der Waals surface area (Å²) in [5.74, 6) is 0. The highest BCUT2D eigenvalue weighted by Crippen LogP contribution is 2.27. The van der Waals surface area contributed by atoms with Crippen molar-refractivity contribution in [2.24, 2.45) is 0 Å². The number of benzene rings is 1. The van der Waals surface area contributed by atoms with Gasteiger partial charge in [0, 0.05) is 11.8 Å². The number of nitro benzene ring substituents is 1. The van der Waals surface area contributed by atoms with Crippen LogP contribution in [0, 0.1) is 17.0 Å². The van der Waals surface area contributed by atoms with Crippen molar-refractivity contribution >= 4 is 16.5 Å². The van der Waals surface area contributed by atoms with Crippen molar-refractivity contribution in [1.29, 1.82) is 0 Å². The molecular weight excluding hydrogens is 248 g/mol. The number of aliphatic hydroxyl groups is 1. The maximum atomic E-state index is 12.2. The van der Waals surface area contributed by atoms with Crippen molar-refractivity contribution in [1.82, 2.24) is 4.57 Å². The molecule has 0 radical (unpaired) electrons. The molecule has 1 unspecified atom stereocenters. The average molecular weight is 262 g/mol. The number of nitrogens with zero attached hydrogens (tertiary/aromatic N) is 2. The van der Waals surface area contributed by atoms with Crippen LogP contribution in [0.15, 0.2) is 29.2 Å². The molecule has 0 spiro atoms. The van der Waals surface area contributed by atoms with E-state index < -0.39 is 4.92 Å². The number of aromatic nitrogens is 1. The number of rotatable bonds is 3. The van der Waals surface area contributed by atoms with Crippen LogP contribution in [0.4, 0.5) is 5.69 Å². The van der Waals surface area contributed by atoms with Gasteiger partial charge in [0.25, 0.3) is 11.2 Å². The molecule has 0 saturated carbocycles. The van der Waals surface area contributed by atoms with Crippen molar-refractivity contribution in [2.75, 3.05) is 6.61 Å². The highest BCUT2D eigenvalue weighted by atomic mass is 16.6. The fourth-order valence-electron chi connectivity index (χ4n) is 2.11. The lowest BCUT2D eigenvalue weighted by Gasteiger charge is -2.13. The molecule has 2 rings (SSSR count). The molecule has 0 aliphatic heterocycles. The fourth-order valence-corrected chi connectivity index (χ4v) is 2.11. The maximum Gasteiger partial charge on any atom is 0.280 e. The first-order valence-electron chi connectivity index (χ1n) is 5.87. The van der Waals surface area contributed by atoms with Gasteiger partial charge in [0.1, 0.15) is 0 Å². The van der Waals surface area contributed by atoms with Gasteiger partial charge in [0.05, 0.1) is 28.3 Å². The molecule has 1 aromatic heterocycles. The summed E-state index contributed by atoms with van der Waals surface area (Å²) in [7, 11) is 0. The van der Waals surface area contributed by atoms with Crippen molar-refractivity contribution in [3.63, 3.8) is 0 Å². The van der Waals surface area contributed by atoms with E-state index in [0.29, 0.717) is 16.3 Å². The largest absolute Gasteiger partial charge is 0.394 e. The molecule has 0 aliphatic carbocycles. The van der Waals surface area contributed by atoms with E-state index in [9.17, 15) is 14.9 Å². The average Bonchev–Trinajstić information content (AvgIpc) is 2.37. The van der Waals surface area contributed by atoms with Gasteiger partial charge in [0.2, 0.25) is 0 Å². The van der Waals surface area contributed by atoms with E-state index in [4.69, 9.17) is 5.11 Å². The number of hydrogen-bond acceptors (Lipinski definition) is 4. The van der Waals surface area contributed by atoms with Gasteiger partial charge in [-0.1, -0.05) is 6.07 Å². The van der Waals surface area contributed by atoms with E-state index in [1.165, 1.54) is 10.8 Å². The van der Waals surface area contributed by atoms with Gasteiger partial charge < -0.3 is 9.67 Å². The molecule has 19 heavy (non-hydrogen) atoms. The third-order valence-corrected chi connectivity index (χ3v) is 3.21. The molecule has 0 fully saturated rings. The molecule has 100 valence electrons. The standard InChI is InChI=1S/C13H14N2O4/c1-8-3-4-11-10(12(8)15(18)19)5-6-14(13(11)17)9(2)7-16/h3-6,9,16H,7H2,1-2H3. The highest BCUT2D eigenvalue weighted by molar-refractivity contribution is 5.91. The quantitative estimate of drug-likeness (QED) is 0.674. The van der Waals surface area contributed by atoms with Crippen LogP contribution in [0.2, 0.25) is 0 Å². The molecule has 0 saturated heterocycles. The Balaban J connectivity index is 2.83. The Kier molecular flexibility index (Phi) is 3.35. The summed E-state index contributed by atoms with van der Waals surface area (Å²) in [6.07, 6.45) is 1.48. The minimum atomic E-state index is -0.475. The van der Waals surface area contributed by atoms with Crippen LogP contribution in [-0.2, 0) is 0 Å². The Bertz CT molecular complexity index is 706. The number of fused-ring (bicyclic) bond motifs is 1. The van der Waals surface area contributed by atoms with Crippen LogP contribution in [-0.4, -0.2) is 21.2 Å². The third-order valence-electron chi connectivity index (χ3n) is 3.21. The van der Waals surface area contributed by atoms with Gasteiger partial charge in [-0.2, -0.15) is 0 Å². The second kappa shape index (κ2) is 4.81. The van der Waals surface area contributed by atoms with Crippen LogP contribution in [0.25, 0.3) is 10.8 Å². The first-order valence-corrected chi connectivity index (χ1v) is 5.87. The zero-order chi connectivity index (χ0) is 14.2. The summed E-state index contributed by atoms with van der Waals surface area (Å²) in [6.45, 7) is 3.18. The first kappa shape index (κ1) is 13.2. The molecule has 0 bridgehead atoms. The molecule has 1 aromatic carbocycles. The molecular formula is C13H14N2O4. The van der Waals surface area contributed by atoms with E-state index in [0.717, 1.165) is 0 Å². The molecule has 1 N–H and O–H groups in total. The topological polar surface area (TPSA) is 85.4 Å². The molecule has 0 amide bonds. The second-order valence-corrected chi connectivity index (χ2v) is 4.51. The van der Waals surface area contributed by atoms with Crippen molar-refractivity contribution in [2.45, 2.75) is 19.9 Å². The SMILES string of the molecule is Cc1ccc2c(=O)n(C(C)CO)ccc2c1[N+](=O)[O-]. The summed E-state index contributed by atoms with van der Waals surface area (Å²) >= 11 is 0. The monoisotopic (exact) mass is 262 g/mol. The van der Waals surface area contributed by atoms with Crippen molar-refractivity contribution in [3.05, 3.63) is 50.4 Å². The van der Waals surface area contributed by atoms with E-state index in [-0.39, 0.29) is 23.9 Å². The Hall–Kier alpha value is -2.21. The van der Waals surface area contributed by atoms with Gasteiger partial charge in [-0.05, 0) is 26.0 Å². The number of hydrogen-bond donors (Lipinski definition) is 1. The molecule has 2 aromatic rings. The zero-order valence-corrected chi connectivity index (χ0v) is 10.7. The van der Waals surface area contributed by atoms with E-state index >= 15 is 0 Å². The van der Waals surface area contributed by atoms with Crippen LogP contribution in [0.1, 0.15) is 18.5 Å². The Morgan fingerprint density at radius 3 is 2.63 bits per heavy atom. The molecule has 0 aliphatic rings. The van der Waals surface area contributed by atoms with Crippen LogP contribution in [0.3, 0.4) is 0 Å². The minimum absolute atomic E-state index is 0.0431. The predicted octanol–water partition coefficient (Wildman–Crippen LogP) is 1.77. The van der Waals surface area contributed by atoms with Gasteiger partial charge in [-0.15, -0.1) is 0 Å². The zero-order valence-electron chi connectivity index (χ0n) is 10.7. The first-order chi connectivity index (χ1) is 8.97. The van der Waals surface area contributed by atoms with Crippen LogP contribution < -0.4 is 5.56 Å². The highest BCUT2D eigenvalue weighted by Gasteiger charge is 2.18. The molecule has 6 nitrogen and oxygen atoms in total. The molecule has 6 heteroatoms.